The van der Waals surface area contributed by atoms with Gasteiger partial charge in [-0.2, -0.15) is 0 Å². The van der Waals surface area contributed by atoms with E-state index in [0.717, 1.165) is 38.5 Å². The van der Waals surface area contributed by atoms with E-state index in [2.05, 4.69) is 19.8 Å². The van der Waals surface area contributed by atoms with E-state index in [9.17, 15) is 10.2 Å². The second kappa shape index (κ2) is 7.28. The van der Waals surface area contributed by atoms with Crippen molar-refractivity contribution in [1.82, 2.24) is 0 Å². The molecule has 0 amide bonds. The first-order valence-electron chi connectivity index (χ1n) is 9.91. The Labute approximate surface area is 165 Å². The highest BCUT2D eigenvalue weighted by molar-refractivity contribution is 5.85. The molecule has 0 aromatic heterocycles. The van der Waals surface area contributed by atoms with Crippen molar-refractivity contribution in [3.8, 4) is 12.3 Å². The van der Waals surface area contributed by atoms with Gasteiger partial charge in [0.15, 0.2) is 0 Å². The van der Waals surface area contributed by atoms with Gasteiger partial charge in [-0.15, -0.1) is 24.8 Å². The van der Waals surface area contributed by atoms with Crippen molar-refractivity contribution in [2.75, 3.05) is 0 Å². The molecule has 26 heavy (non-hydrogen) atoms. The van der Waals surface area contributed by atoms with Gasteiger partial charge in [-0.3, -0.25) is 0 Å². The third kappa shape index (κ3) is 2.75. The third-order valence-corrected chi connectivity index (χ3v) is 8.99. The van der Waals surface area contributed by atoms with Crippen molar-refractivity contribution in [3.05, 3.63) is 0 Å². The number of nitrogens with two attached hydrogens (primary N) is 1. The first-order chi connectivity index (χ1) is 11.3. The molecule has 0 spiro atoms. The van der Waals surface area contributed by atoms with Crippen LogP contribution in [0.1, 0.15) is 66.2 Å². The summed E-state index contributed by atoms with van der Waals surface area (Å²) in [5, 5.41) is 22.1. The number of rotatable bonds is 0. The van der Waals surface area contributed by atoms with Crippen LogP contribution in [-0.4, -0.2) is 28.5 Å². The molecule has 4 aliphatic carbocycles. The summed E-state index contributed by atoms with van der Waals surface area (Å²) in [6.07, 6.45) is 12.1. The lowest BCUT2D eigenvalue weighted by atomic mass is 9.43. The van der Waals surface area contributed by atoms with Gasteiger partial charge in [0.05, 0.1) is 12.2 Å². The number of halogens is 1. The Morgan fingerprint density at radius 2 is 1.54 bits per heavy atom. The van der Waals surface area contributed by atoms with Gasteiger partial charge in [-0.25, -0.2) is 0 Å². The minimum atomic E-state index is -0.630. The molecule has 4 heteroatoms. The highest BCUT2D eigenvalue weighted by Crippen LogP contribution is 2.67. The lowest BCUT2D eigenvalue weighted by Crippen LogP contribution is -2.64. The first-order valence-corrected chi connectivity index (χ1v) is 9.91. The second-order valence-corrected chi connectivity index (χ2v) is 9.76. The predicted octanol–water partition coefficient (Wildman–Crippen LogP) is 3.61. The Kier molecular flexibility index (Phi) is 6.17. The average molecular weight is 384 g/mol. The summed E-state index contributed by atoms with van der Waals surface area (Å²) in [5.74, 6) is 4.67. The van der Waals surface area contributed by atoms with Gasteiger partial charge in [0.2, 0.25) is 0 Å². The molecule has 150 valence electrons. The molecule has 0 aliphatic heterocycles. The Morgan fingerprint density at radius 3 is 2.19 bits per heavy atom. The van der Waals surface area contributed by atoms with E-state index in [-0.39, 0.29) is 48.5 Å². The third-order valence-electron chi connectivity index (χ3n) is 8.99. The number of hydrogen-bond donors (Lipinski definition) is 3. The van der Waals surface area contributed by atoms with Crippen LogP contribution in [0.3, 0.4) is 0 Å². The largest absolute Gasteiger partial charge is 0.390 e. The zero-order chi connectivity index (χ0) is 17.3. The summed E-state index contributed by atoms with van der Waals surface area (Å²) in [7, 11) is 0. The number of aliphatic hydroxyl groups is 2. The fourth-order valence-electron chi connectivity index (χ4n) is 7.56. The van der Waals surface area contributed by atoms with E-state index in [1.165, 1.54) is 6.42 Å². The SMILES string of the molecule is C.C#C[C@H]1CCC2C3C(CC[C@@]21C)[C@@]1(C)CC[C@H](N)CC1[C@@H](O)[C@@H]3O.Cl. The molecule has 0 aromatic rings. The summed E-state index contributed by atoms with van der Waals surface area (Å²) < 4.78 is 0. The summed E-state index contributed by atoms with van der Waals surface area (Å²) in [5.41, 5.74) is 6.47. The predicted molar refractivity (Wildman–Crippen MR) is 109 cm³/mol. The molecule has 4 fully saturated rings. The summed E-state index contributed by atoms with van der Waals surface area (Å²) in [6.45, 7) is 4.71. The van der Waals surface area contributed by atoms with Gasteiger partial charge in [-0.1, -0.05) is 21.3 Å². The fraction of sp³-hybridized carbons (Fsp3) is 0.909. The molecule has 0 radical (unpaired) electrons. The van der Waals surface area contributed by atoms with E-state index in [0.29, 0.717) is 17.8 Å². The van der Waals surface area contributed by atoms with Gasteiger partial charge in [0.25, 0.3) is 0 Å². The summed E-state index contributed by atoms with van der Waals surface area (Å²) >= 11 is 0. The van der Waals surface area contributed by atoms with Crippen LogP contribution in [0.15, 0.2) is 0 Å². The molecular weight excluding hydrogens is 346 g/mol. The molecule has 10 atom stereocenters. The second-order valence-electron chi connectivity index (χ2n) is 9.76. The minimum absolute atomic E-state index is 0. The molecule has 0 saturated heterocycles. The van der Waals surface area contributed by atoms with Crippen LogP contribution < -0.4 is 5.73 Å². The van der Waals surface area contributed by atoms with E-state index in [1.807, 2.05) is 0 Å². The lowest BCUT2D eigenvalue weighted by molar-refractivity contribution is -0.214. The van der Waals surface area contributed by atoms with Crippen molar-refractivity contribution in [3.63, 3.8) is 0 Å². The molecule has 4 aliphatic rings. The van der Waals surface area contributed by atoms with Crippen LogP contribution in [0.2, 0.25) is 0 Å². The smallest absolute Gasteiger partial charge is 0.0836 e. The molecule has 4 N–H and O–H groups in total. The van der Waals surface area contributed by atoms with Gasteiger partial charge < -0.3 is 15.9 Å². The van der Waals surface area contributed by atoms with Gasteiger partial charge in [0, 0.05) is 12.0 Å². The van der Waals surface area contributed by atoms with Crippen LogP contribution in [0.5, 0.6) is 0 Å². The quantitative estimate of drug-likeness (QED) is 0.560. The Bertz CT molecular complexity index is 563. The van der Waals surface area contributed by atoms with Crippen molar-refractivity contribution >= 4 is 12.4 Å². The minimum Gasteiger partial charge on any atom is -0.390 e. The Balaban J connectivity index is 0.00000121. The molecule has 4 rings (SSSR count). The summed E-state index contributed by atoms with van der Waals surface area (Å²) in [4.78, 5) is 0. The van der Waals surface area contributed by atoms with E-state index >= 15 is 0 Å². The van der Waals surface area contributed by atoms with Crippen molar-refractivity contribution in [2.45, 2.75) is 84.5 Å². The topological polar surface area (TPSA) is 66.5 Å². The highest BCUT2D eigenvalue weighted by atomic mass is 35.5. The number of hydrogen-bond acceptors (Lipinski definition) is 3. The molecule has 0 bridgehead atoms. The standard InChI is InChI=1S/C21H33NO2.CH4.ClH/c1-4-12-5-6-14-17-15(8-10-20(12,14)2)21(3)9-7-13(22)11-16(21)18(23)19(17)24;;/h1,12-19,23-24H,5-11,22H2,2-3H3;1H4;1H/t12-,13-,14?,15?,16?,17?,18+,19+,20+,21+;;/m0../s1. The van der Waals surface area contributed by atoms with Crippen molar-refractivity contribution in [1.29, 1.82) is 0 Å². The number of terminal acetylenes is 1. The van der Waals surface area contributed by atoms with Crippen LogP contribution in [-0.2, 0) is 0 Å². The average Bonchev–Trinajstić information content (AvgIpc) is 2.90. The summed E-state index contributed by atoms with van der Waals surface area (Å²) in [6, 6.07) is 0.174. The number of fused-ring (bicyclic) bond motifs is 5. The molecular formula is C22H38ClNO2. The normalized spacial score (nSPS) is 55.2. The first kappa shape index (κ1) is 22.0. The van der Waals surface area contributed by atoms with E-state index in [1.54, 1.807) is 0 Å². The van der Waals surface area contributed by atoms with Crippen molar-refractivity contribution in [2.24, 2.45) is 46.2 Å². The van der Waals surface area contributed by atoms with Crippen LogP contribution in [0, 0.1) is 52.8 Å². The maximum atomic E-state index is 11.1. The van der Waals surface area contributed by atoms with E-state index < -0.39 is 12.2 Å². The Morgan fingerprint density at radius 1 is 0.923 bits per heavy atom. The van der Waals surface area contributed by atoms with Crippen LogP contribution in [0.25, 0.3) is 0 Å². The van der Waals surface area contributed by atoms with Gasteiger partial charge in [-0.05, 0) is 79.4 Å². The molecule has 0 heterocycles. The zero-order valence-electron chi connectivity index (χ0n) is 15.5. The molecule has 3 nitrogen and oxygen atoms in total. The fourth-order valence-corrected chi connectivity index (χ4v) is 7.56. The van der Waals surface area contributed by atoms with Gasteiger partial charge >= 0.3 is 0 Å². The molecule has 0 aromatic carbocycles. The monoisotopic (exact) mass is 383 g/mol. The lowest BCUT2D eigenvalue weighted by Gasteiger charge is -2.63. The van der Waals surface area contributed by atoms with Crippen LogP contribution >= 0.6 is 12.4 Å². The highest BCUT2D eigenvalue weighted by Gasteiger charge is 2.64. The van der Waals surface area contributed by atoms with Gasteiger partial charge in [0.1, 0.15) is 0 Å². The maximum absolute atomic E-state index is 11.1. The van der Waals surface area contributed by atoms with E-state index in [4.69, 9.17) is 12.2 Å². The zero-order valence-corrected chi connectivity index (χ0v) is 16.3. The molecule has 4 saturated carbocycles. The van der Waals surface area contributed by atoms with Crippen LogP contribution in [0.4, 0.5) is 0 Å². The molecule has 4 unspecified atom stereocenters. The maximum Gasteiger partial charge on any atom is 0.0836 e. The number of aliphatic hydroxyl groups excluding tert-OH is 2. The van der Waals surface area contributed by atoms with Crippen molar-refractivity contribution < 1.29 is 10.2 Å². The Hall–Kier alpha value is -0.270.